The summed E-state index contributed by atoms with van der Waals surface area (Å²) in [4.78, 5) is 9.66. The van der Waals surface area contributed by atoms with Crippen LogP contribution < -0.4 is 0 Å². The summed E-state index contributed by atoms with van der Waals surface area (Å²) in [7, 11) is 0. The Balaban J connectivity index is 2.00. The number of nitrogens with zero attached hydrogens (tertiary/aromatic N) is 3. The summed E-state index contributed by atoms with van der Waals surface area (Å²) >= 11 is 0. The summed E-state index contributed by atoms with van der Waals surface area (Å²) in [6, 6.07) is 1.35. The first-order valence-electron chi connectivity index (χ1n) is 5.76. The summed E-state index contributed by atoms with van der Waals surface area (Å²) in [5.41, 5.74) is 0. The molecule has 1 atom stereocenters. The van der Waals surface area contributed by atoms with Crippen LogP contribution in [0.5, 0.6) is 0 Å². The maximum absolute atomic E-state index is 4.64. The number of hydrogen-bond donors (Lipinski definition) is 0. The van der Waals surface area contributed by atoms with E-state index in [0.717, 1.165) is 13.1 Å². The Labute approximate surface area is 86.8 Å². The van der Waals surface area contributed by atoms with Gasteiger partial charge >= 0.3 is 0 Å². The molecule has 0 spiro atoms. The quantitative estimate of drug-likeness (QED) is 0.659. The van der Waals surface area contributed by atoms with E-state index >= 15 is 0 Å². The topological polar surface area (TPSA) is 18.8 Å². The van der Waals surface area contributed by atoms with Gasteiger partial charge in [-0.2, -0.15) is 0 Å². The second kappa shape index (κ2) is 3.89. The third kappa shape index (κ3) is 1.65. The van der Waals surface area contributed by atoms with Gasteiger partial charge in [0.15, 0.2) is 0 Å². The second-order valence-corrected chi connectivity index (χ2v) is 4.58. The molecule has 1 fully saturated rings. The zero-order valence-corrected chi connectivity index (χ0v) is 9.53. The minimum atomic E-state index is 0.653. The van der Waals surface area contributed by atoms with Crippen LogP contribution in [0, 0.1) is 0 Å². The Morgan fingerprint density at radius 3 is 2.86 bits per heavy atom. The van der Waals surface area contributed by atoms with Gasteiger partial charge in [-0.1, -0.05) is 6.92 Å². The molecule has 2 rings (SSSR count). The van der Waals surface area contributed by atoms with Crippen molar-refractivity contribution in [1.29, 1.82) is 0 Å². The van der Waals surface area contributed by atoms with E-state index in [1.165, 1.54) is 25.3 Å². The predicted molar refractivity (Wildman–Crippen MR) is 59.8 cm³/mol. The average molecular weight is 195 g/mol. The van der Waals surface area contributed by atoms with Gasteiger partial charge in [0, 0.05) is 25.2 Å². The van der Waals surface area contributed by atoms with Gasteiger partial charge in [-0.15, -0.1) is 0 Å². The van der Waals surface area contributed by atoms with E-state index in [1.807, 2.05) is 0 Å². The second-order valence-electron chi connectivity index (χ2n) is 4.58. The standard InChI is InChI=1S/C11H21N3/c1-4-10-7-12-11-8-13(9(2)3)5-6-14(10)11/h9-10H,4-8H2,1-3H3. The Morgan fingerprint density at radius 1 is 1.43 bits per heavy atom. The molecule has 0 aromatic heterocycles. The third-order valence-corrected chi connectivity index (χ3v) is 3.43. The molecule has 0 aromatic rings. The molecule has 0 saturated carbocycles. The SMILES string of the molecule is CCC1CN=C2CN(C(C)C)CCN21. The maximum Gasteiger partial charge on any atom is 0.114 e. The summed E-state index contributed by atoms with van der Waals surface area (Å²) in [5.74, 6) is 1.33. The Hall–Kier alpha value is -0.570. The first-order chi connectivity index (χ1) is 6.72. The fourth-order valence-electron chi connectivity index (χ4n) is 2.35. The van der Waals surface area contributed by atoms with Gasteiger partial charge in [0.2, 0.25) is 0 Å². The largest absolute Gasteiger partial charge is 0.353 e. The molecule has 0 aromatic carbocycles. The number of aliphatic imine (C=N–C) groups is 1. The lowest BCUT2D eigenvalue weighted by atomic mass is 10.1. The fourth-order valence-corrected chi connectivity index (χ4v) is 2.35. The zero-order valence-electron chi connectivity index (χ0n) is 9.53. The van der Waals surface area contributed by atoms with Gasteiger partial charge in [0.1, 0.15) is 5.84 Å². The molecular formula is C11H21N3. The lowest BCUT2D eigenvalue weighted by molar-refractivity contribution is 0.179. The van der Waals surface area contributed by atoms with E-state index in [0.29, 0.717) is 12.1 Å². The van der Waals surface area contributed by atoms with Gasteiger partial charge in [-0.25, -0.2) is 0 Å². The van der Waals surface area contributed by atoms with Crippen LogP contribution >= 0.6 is 0 Å². The van der Waals surface area contributed by atoms with E-state index in [2.05, 4.69) is 35.6 Å². The summed E-state index contributed by atoms with van der Waals surface area (Å²) in [6.45, 7) is 11.3. The van der Waals surface area contributed by atoms with Crippen LogP contribution in [0.25, 0.3) is 0 Å². The van der Waals surface area contributed by atoms with E-state index in [1.54, 1.807) is 0 Å². The van der Waals surface area contributed by atoms with Gasteiger partial charge in [-0.05, 0) is 20.3 Å². The van der Waals surface area contributed by atoms with Gasteiger partial charge in [0.25, 0.3) is 0 Å². The summed E-state index contributed by atoms with van der Waals surface area (Å²) in [5, 5.41) is 0. The number of piperazine rings is 1. The van der Waals surface area contributed by atoms with Crippen molar-refractivity contribution in [2.45, 2.75) is 39.3 Å². The van der Waals surface area contributed by atoms with Crippen molar-refractivity contribution in [3.05, 3.63) is 0 Å². The van der Waals surface area contributed by atoms with Crippen molar-refractivity contribution in [3.63, 3.8) is 0 Å². The van der Waals surface area contributed by atoms with E-state index in [4.69, 9.17) is 0 Å². The molecule has 14 heavy (non-hydrogen) atoms. The Bertz CT molecular complexity index is 235. The van der Waals surface area contributed by atoms with E-state index in [-0.39, 0.29) is 0 Å². The third-order valence-electron chi connectivity index (χ3n) is 3.43. The van der Waals surface area contributed by atoms with Crippen LogP contribution in [-0.2, 0) is 0 Å². The normalized spacial score (nSPS) is 28.1. The highest BCUT2D eigenvalue weighted by Gasteiger charge is 2.31. The van der Waals surface area contributed by atoms with Crippen LogP contribution in [0.1, 0.15) is 27.2 Å². The highest BCUT2D eigenvalue weighted by molar-refractivity contribution is 5.86. The molecule has 0 N–H and O–H groups in total. The van der Waals surface area contributed by atoms with Gasteiger partial charge in [0.05, 0.1) is 13.1 Å². The molecule has 2 aliphatic heterocycles. The summed E-state index contributed by atoms with van der Waals surface area (Å²) in [6.07, 6.45) is 1.23. The lowest BCUT2D eigenvalue weighted by Gasteiger charge is -2.38. The van der Waals surface area contributed by atoms with Gasteiger partial charge in [-0.3, -0.25) is 9.89 Å². The molecule has 3 nitrogen and oxygen atoms in total. The highest BCUT2D eigenvalue weighted by atomic mass is 15.4. The monoisotopic (exact) mass is 195 g/mol. The van der Waals surface area contributed by atoms with Crippen molar-refractivity contribution in [1.82, 2.24) is 9.80 Å². The molecule has 0 radical (unpaired) electrons. The smallest absolute Gasteiger partial charge is 0.114 e. The molecular weight excluding hydrogens is 174 g/mol. The molecule has 1 saturated heterocycles. The summed E-state index contributed by atoms with van der Waals surface area (Å²) < 4.78 is 0. The molecule has 2 heterocycles. The maximum atomic E-state index is 4.64. The van der Waals surface area contributed by atoms with Crippen molar-refractivity contribution < 1.29 is 0 Å². The van der Waals surface area contributed by atoms with E-state index < -0.39 is 0 Å². The Kier molecular flexibility index (Phi) is 2.77. The van der Waals surface area contributed by atoms with Gasteiger partial charge < -0.3 is 4.90 Å². The fraction of sp³-hybridized carbons (Fsp3) is 0.909. The van der Waals surface area contributed by atoms with Crippen LogP contribution in [0.3, 0.4) is 0 Å². The average Bonchev–Trinajstić information content (AvgIpc) is 2.59. The van der Waals surface area contributed by atoms with Crippen LogP contribution in [0.4, 0.5) is 0 Å². The number of amidine groups is 1. The molecule has 0 amide bonds. The minimum absolute atomic E-state index is 0.653. The highest BCUT2D eigenvalue weighted by Crippen LogP contribution is 2.18. The molecule has 80 valence electrons. The van der Waals surface area contributed by atoms with Crippen LogP contribution in [-0.4, -0.2) is 53.9 Å². The van der Waals surface area contributed by atoms with Crippen molar-refractivity contribution in [2.24, 2.45) is 4.99 Å². The molecule has 0 aliphatic carbocycles. The molecule has 1 unspecified atom stereocenters. The number of rotatable bonds is 2. The lowest BCUT2D eigenvalue weighted by Crippen LogP contribution is -2.53. The van der Waals surface area contributed by atoms with Crippen molar-refractivity contribution >= 4 is 5.84 Å². The minimum Gasteiger partial charge on any atom is -0.353 e. The zero-order chi connectivity index (χ0) is 10.1. The predicted octanol–water partition coefficient (Wildman–Crippen LogP) is 1.20. The molecule has 0 bridgehead atoms. The first-order valence-corrected chi connectivity index (χ1v) is 5.76. The van der Waals surface area contributed by atoms with Crippen molar-refractivity contribution in [2.75, 3.05) is 26.2 Å². The first kappa shape index (κ1) is 9.97. The van der Waals surface area contributed by atoms with E-state index in [9.17, 15) is 0 Å². The van der Waals surface area contributed by atoms with Crippen LogP contribution in [0.2, 0.25) is 0 Å². The molecule has 3 heteroatoms. The molecule has 2 aliphatic rings. The number of fused-ring (bicyclic) bond motifs is 1. The van der Waals surface area contributed by atoms with Crippen LogP contribution in [0.15, 0.2) is 4.99 Å². The van der Waals surface area contributed by atoms with Crippen molar-refractivity contribution in [3.8, 4) is 0 Å². The number of hydrogen-bond acceptors (Lipinski definition) is 3. The Morgan fingerprint density at radius 2 is 2.21 bits per heavy atom.